The maximum absolute atomic E-state index is 13.5. The van der Waals surface area contributed by atoms with E-state index in [1.807, 2.05) is 5.10 Å². The largest absolute Gasteiger partial charge is 0.433 e. The van der Waals surface area contributed by atoms with Crippen LogP contribution < -0.4 is 5.14 Å². The van der Waals surface area contributed by atoms with Gasteiger partial charge in [0, 0.05) is 16.1 Å². The van der Waals surface area contributed by atoms with Crippen LogP contribution in [-0.2, 0) is 16.2 Å². The average molecular weight is 402 g/mol. The van der Waals surface area contributed by atoms with Gasteiger partial charge in [-0.2, -0.15) is 18.3 Å². The van der Waals surface area contributed by atoms with Crippen molar-refractivity contribution in [2.24, 2.45) is 5.14 Å². The van der Waals surface area contributed by atoms with Crippen LogP contribution in [0.2, 0.25) is 5.02 Å². The second kappa shape index (κ2) is 6.42. The Bertz CT molecular complexity index is 1080. The number of sulfonamides is 1. The molecule has 3 aromatic rings. The molecule has 3 rings (SSSR count). The van der Waals surface area contributed by atoms with Crippen LogP contribution in [0.1, 0.15) is 5.69 Å². The van der Waals surface area contributed by atoms with Crippen LogP contribution in [0.15, 0.2) is 53.4 Å². The third-order valence-electron chi connectivity index (χ3n) is 3.61. The lowest BCUT2D eigenvalue weighted by molar-refractivity contribution is -0.140. The summed E-state index contributed by atoms with van der Waals surface area (Å²) in [5.74, 6) is 0. The van der Waals surface area contributed by atoms with Crippen molar-refractivity contribution < 1.29 is 21.6 Å². The predicted octanol–water partition coefficient (Wildman–Crippen LogP) is 4.06. The lowest BCUT2D eigenvalue weighted by Gasteiger charge is -2.11. The van der Waals surface area contributed by atoms with Gasteiger partial charge in [0.15, 0.2) is 0 Å². The molecule has 0 bridgehead atoms. The van der Waals surface area contributed by atoms with E-state index in [2.05, 4.69) is 5.10 Å². The van der Waals surface area contributed by atoms with Gasteiger partial charge in [0.25, 0.3) is 0 Å². The Labute approximate surface area is 151 Å². The summed E-state index contributed by atoms with van der Waals surface area (Å²) in [7, 11) is -4.18. The van der Waals surface area contributed by atoms with Crippen LogP contribution in [-0.4, -0.2) is 18.6 Å². The van der Waals surface area contributed by atoms with Gasteiger partial charge in [0.1, 0.15) is 11.4 Å². The monoisotopic (exact) mass is 401 g/mol. The molecule has 136 valence electrons. The number of primary sulfonamides is 1. The van der Waals surface area contributed by atoms with Crippen molar-refractivity contribution in [1.29, 1.82) is 0 Å². The van der Waals surface area contributed by atoms with E-state index in [0.717, 1.165) is 0 Å². The molecule has 1 aromatic heterocycles. The van der Waals surface area contributed by atoms with Crippen molar-refractivity contribution >= 4 is 21.6 Å². The molecule has 0 aliphatic rings. The normalized spacial score (nSPS) is 12.3. The van der Waals surface area contributed by atoms with E-state index >= 15 is 0 Å². The summed E-state index contributed by atoms with van der Waals surface area (Å²) >= 11 is 5.90. The minimum absolute atomic E-state index is 0.0447. The molecule has 0 aliphatic carbocycles. The molecule has 0 unspecified atom stereocenters. The molecule has 0 radical (unpaired) electrons. The number of aromatic amines is 1. The van der Waals surface area contributed by atoms with Gasteiger partial charge in [-0.1, -0.05) is 41.9 Å². The third-order valence-corrected chi connectivity index (χ3v) is 4.82. The number of nitrogens with two attached hydrogens (primary N) is 1. The van der Waals surface area contributed by atoms with Crippen LogP contribution in [0.5, 0.6) is 0 Å². The molecule has 3 N–H and O–H groups in total. The molecule has 0 spiro atoms. The van der Waals surface area contributed by atoms with Gasteiger partial charge < -0.3 is 0 Å². The maximum atomic E-state index is 13.5. The summed E-state index contributed by atoms with van der Waals surface area (Å²) in [6, 6.07) is 11.2. The van der Waals surface area contributed by atoms with E-state index < -0.39 is 21.9 Å². The number of nitrogens with zero attached hydrogens (tertiary/aromatic N) is 1. The van der Waals surface area contributed by atoms with Gasteiger partial charge in [0.2, 0.25) is 10.0 Å². The van der Waals surface area contributed by atoms with Crippen molar-refractivity contribution in [3.05, 3.63) is 59.2 Å². The topological polar surface area (TPSA) is 88.8 Å². The molecule has 0 saturated carbocycles. The highest BCUT2D eigenvalue weighted by Crippen LogP contribution is 2.42. The Balaban J connectivity index is 2.37. The molecule has 5 nitrogen and oxygen atoms in total. The number of nitrogens with one attached hydrogen (secondary N) is 1. The van der Waals surface area contributed by atoms with Gasteiger partial charge in [0.05, 0.1) is 4.90 Å². The Morgan fingerprint density at radius 1 is 1.08 bits per heavy atom. The van der Waals surface area contributed by atoms with Gasteiger partial charge in [-0.15, -0.1) is 0 Å². The molecule has 10 heteroatoms. The van der Waals surface area contributed by atoms with Gasteiger partial charge in [-0.05, 0) is 23.8 Å². The number of H-pyrrole nitrogens is 1. The average Bonchev–Trinajstić information content (AvgIpc) is 2.99. The van der Waals surface area contributed by atoms with Crippen molar-refractivity contribution in [2.75, 3.05) is 0 Å². The summed E-state index contributed by atoms with van der Waals surface area (Å²) in [5, 5.41) is 11.1. The van der Waals surface area contributed by atoms with E-state index in [1.165, 1.54) is 48.5 Å². The Hall–Kier alpha value is -2.36. The number of alkyl halides is 3. The molecular formula is C16H11ClF3N3O2S. The Morgan fingerprint density at radius 2 is 1.77 bits per heavy atom. The molecule has 26 heavy (non-hydrogen) atoms. The second-order valence-electron chi connectivity index (χ2n) is 5.37. The zero-order valence-corrected chi connectivity index (χ0v) is 14.5. The molecule has 0 saturated heterocycles. The highest BCUT2D eigenvalue weighted by Gasteiger charge is 2.38. The maximum Gasteiger partial charge on any atom is 0.433 e. The van der Waals surface area contributed by atoms with E-state index in [4.69, 9.17) is 16.7 Å². The SMILES string of the molecule is NS(=O)(=O)c1ccccc1-c1n[nH]c(C(F)(F)F)c1-c1cccc(Cl)c1. The summed E-state index contributed by atoms with van der Waals surface area (Å²) in [5.41, 5.74) is -1.52. The second-order valence-corrected chi connectivity index (χ2v) is 7.34. The molecule has 0 fully saturated rings. The van der Waals surface area contributed by atoms with Crippen LogP contribution in [0.25, 0.3) is 22.4 Å². The van der Waals surface area contributed by atoms with E-state index in [0.29, 0.717) is 0 Å². The van der Waals surface area contributed by atoms with Crippen LogP contribution in [0.3, 0.4) is 0 Å². The smallest absolute Gasteiger partial charge is 0.272 e. The standard InChI is InChI=1S/C16H11ClF3N3O2S/c17-10-5-3-4-9(8-10)13-14(22-23-15(13)16(18,19)20)11-6-1-2-7-12(11)26(21,24)25/h1-8H,(H,22,23)(H2,21,24,25). The summed E-state index contributed by atoms with van der Waals surface area (Å²) in [6.45, 7) is 0. The van der Waals surface area contributed by atoms with Crippen LogP contribution in [0, 0.1) is 0 Å². The predicted molar refractivity (Wildman–Crippen MR) is 90.8 cm³/mol. The number of hydrogen-bond donors (Lipinski definition) is 2. The lowest BCUT2D eigenvalue weighted by Crippen LogP contribution is -2.13. The number of benzene rings is 2. The van der Waals surface area contributed by atoms with Gasteiger partial charge in [-0.3, -0.25) is 5.10 Å². The fourth-order valence-corrected chi connectivity index (χ4v) is 3.51. The first kappa shape index (κ1) is 18.4. The van der Waals surface area contributed by atoms with E-state index in [-0.39, 0.29) is 32.3 Å². The highest BCUT2D eigenvalue weighted by atomic mass is 35.5. The summed E-state index contributed by atoms with van der Waals surface area (Å²) < 4.78 is 64.0. The quantitative estimate of drug-likeness (QED) is 0.693. The number of rotatable bonds is 3. The summed E-state index contributed by atoms with van der Waals surface area (Å²) in [4.78, 5) is -0.330. The first-order valence-corrected chi connectivity index (χ1v) is 9.05. The van der Waals surface area contributed by atoms with Crippen LogP contribution >= 0.6 is 11.6 Å². The Morgan fingerprint density at radius 3 is 2.38 bits per heavy atom. The van der Waals surface area contributed by atoms with Crippen molar-refractivity contribution in [3.63, 3.8) is 0 Å². The molecular weight excluding hydrogens is 391 g/mol. The molecule has 0 amide bonds. The van der Waals surface area contributed by atoms with E-state index in [1.54, 1.807) is 0 Å². The van der Waals surface area contributed by atoms with Crippen molar-refractivity contribution in [1.82, 2.24) is 10.2 Å². The summed E-state index contributed by atoms with van der Waals surface area (Å²) in [6.07, 6.45) is -4.74. The van der Waals surface area contributed by atoms with E-state index in [9.17, 15) is 21.6 Å². The van der Waals surface area contributed by atoms with Gasteiger partial charge in [-0.25, -0.2) is 13.6 Å². The lowest BCUT2D eigenvalue weighted by atomic mass is 9.98. The van der Waals surface area contributed by atoms with Crippen molar-refractivity contribution in [2.45, 2.75) is 11.1 Å². The first-order valence-electron chi connectivity index (χ1n) is 7.13. The number of halogens is 4. The highest BCUT2D eigenvalue weighted by molar-refractivity contribution is 7.89. The minimum atomic E-state index is -4.74. The number of aromatic nitrogens is 2. The first-order chi connectivity index (χ1) is 12.1. The molecule has 2 aromatic carbocycles. The zero-order chi connectivity index (χ0) is 19.1. The fraction of sp³-hybridized carbons (Fsp3) is 0.0625. The molecule has 0 atom stereocenters. The zero-order valence-electron chi connectivity index (χ0n) is 12.9. The molecule has 1 heterocycles. The number of hydrogen-bond acceptors (Lipinski definition) is 3. The molecule has 0 aliphatic heterocycles. The Kier molecular flexibility index (Phi) is 4.55. The fourth-order valence-electron chi connectivity index (χ4n) is 2.58. The van der Waals surface area contributed by atoms with Gasteiger partial charge >= 0.3 is 6.18 Å². The van der Waals surface area contributed by atoms with Crippen LogP contribution in [0.4, 0.5) is 13.2 Å². The minimum Gasteiger partial charge on any atom is -0.272 e. The third kappa shape index (κ3) is 3.46. The van der Waals surface area contributed by atoms with Crippen molar-refractivity contribution in [3.8, 4) is 22.4 Å².